The first-order valence-corrected chi connectivity index (χ1v) is 6.19. The maximum absolute atomic E-state index is 11.4. The minimum atomic E-state index is -0.248. The molecule has 0 atom stereocenters. The van der Waals surface area contributed by atoms with Crippen LogP contribution in [0.3, 0.4) is 0 Å². The van der Waals surface area contributed by atoms with E-state index in [-0.39, 0.29) is 12.5 Å². The molecule has 4 nitrogen and oxygen atoms in total. The minimum Gasteiger partial charge on any atom is -0.484 e. The van der Waals surface area contributed by atoms with E-state index in [1.807, 2.05) is 38.1 Å². The summed E-state index contributed by atoms with van der Waals surface area (Å²) in [7, 11) is 0. The lowest BCUT2D eigenvalue weighted by Crippen LogP contribution is -2.25. The quantitative estimate of drug-likeness (QED) is 0.621. The molecule has 18 heavy (non-hydrogen) atoms. The second-order valence-electron chi connectivity index (χ2n) is 4.02. The fourth-order valence-electron chi connectivity index (χ4n) is 1.24. The van der Waals surface area contributed by atoms with Gasteiger partial charge < -0.3 is 4.74 Å². The number of nitrogens with zero attached hydrogens (tertiary/aromatic N) is 1. The third-order valence-corrected chi connectivity index (χ3v) is 2.58. The van der Waals surface area contributed by atoms with Crippen LogP contribution < -0.4 is 10.2 Å². The number of aryl methyl sites for hydroxylation is 1. The van der Waals surface area contributed by atoms with Crippen LogP contribution in [0.2, 0.25) is 0 Å². The zero-order valence-corrected chi connectivity index (χ0v) is 11.2. The summed E-state index contributed by atoms with van der Waals surface area (Å²) in [5.74, 6) is 0.445. The van der Waals surface area contributed by atoms with Crippen molar-refractivity contribution in [3.05, 3.63) is 29.8 Å². The Morgan fingerprint density at radius 2 is 1.94 bits per heavy atom. The van der Waals surface area contributed by atoms with Crippen molar-refractivity contribution in [3.63, 3.8) is 0 Å². The van der Waals surface area contributed by atoms with Crippen LogP contribution in [0.15, 0.2) is 29.4 Å². The van der Waals surface area contributed by atoms with Gasteiger partial charge in [-0.15, -0.1) is 0 Å². The number of benzene rings is 1. The molecule has 0 aliphatic rings. The Morgan fingerprint density at radius 3 is 2.50 bits per heavy atom. The van der Waals surface area contributed by atoms with Gasteiger partial charge in [-0.2, -0.15) is 5.10 Å². The second kappa shape index (κ2) is 7.48. The summed E-state index contributed by atoms with van der Waals surface area (Å²) in [5.41, 5.74) is 4.58. The van der Waals surface area contributed by atoms with Crippen LogP contribution in [0.25, 0.3) is 0 Å². The summed E-state index contributed by atoms with van der Waals surface area (Å²) in [6, 6.07) is 7.72. The summed E-state index contributed by atoms with van der Waals surface area (Å²) in [6.07, 6.45) is 1.81. The summed E-state index contributed by atoms with van der Waals surface area (Å²) in [6.45, 7) is 5.92. The molecule has 0 unspecified atom stereocenters. The van der Waals surface area contributed by atoms with Crippen LogP contribution in [0.1, 0.15) is 32.8 Å². The highest BCUT2D eigenvalue weighted by Crippen LogP contribution is 2.12. The molecule has 1 aromatic rings. The molecule has 0 bridgehead atoms. The van der Waals surface area contributed by atoms with Gasteiger partial charge in [0.1, 0.15) is 5.75 Å². The number of rotatable bonds is 6. The van der Waals surface area contributed by atoms with E-state index in [1.54, 1.807) is 0 Å². The molecule has 0 spiro atoms. The Bertz CT molecular complexity index is 410. The third-order valence-electron chi connectivity index (χ3n) is 2.58. The molecular formula is C14H20N2O2. The minimum absolute atomic E-state index is 0.0219. The average molecular weight is 248 g/mol. The molecule has 1 N–H and O–H groups in total. The first-order valence-electron chi connectivity index (χ1n) is 6.19. The normalized spacial score (nSPS) is 11.2. The van der Waals surface area contributed by atoms with Gasteiger partial charge in [-0.25, -0.2) is 5.43 Å². The van der Waals surface area contributed by atoms with Crippen molar-refractivity contribution >= 4 is 11.6 Å². The first-order chi connectivity index (χ1) is 8.65. The molecule has 0 saturated carbocycles. The highest BCUT2D eigenvalue weighted by molar-refractivity contribution is 5.84. The number of hydrogen-bond acceptors (Lipinski definition) is 3. The number of carbonyl (C=O) groups is 1. The molecular weight excluding hydrogens is 228 g/mol. The number of ether oxygens (including phenoxy) is 1. The number of carbonyl (C=O) groups excluding carboxylic acids is 1. The van der Waals surface area contributed by atoms with Crippen molar-refractivity contribution in [2.24, 2.45) is 5.10 Å². The predicted octanol–water partition coefficient (Wildman–Crippen LogP) is 2.53. The van der Waals surface area contributed by atoms with Gasteiger partial charge in [0, 0.05) is 5.71 Å². The Balaban J connectivity index is 2.37. The molecule has 0 heterocycles. The lowest BCUT2D eigenvalue weighted by Gasteiger charge is -2.06. The Morgan fingerprint density at radius 1 is 1.28 bits per heavy atom. The first kappa shape index (κ1) is 14.2. The van der Waals surface area contributed by atoms with Crippen LogP contribution in [-0.2, 0) is 11.2 Å². The Labute approximate surface area is 108 Å². The number of hydrogen-bond donors (Lipinski definition) is 1. The summed E-state index contributed by atoms with van der Waals surface area (Å²) in [5, 5.41) is 3.92. The largest absolute Gasteiger partial charge is 0.484 e. The fraction of sp³-hybridized carbons (Fsp3) is 0.429. The standard InChI is InChI=1S/C14H20N2O2/c1-4-11(3)15-16-14(17)10-18-13-8-6-12(5-2)7-9-13/h6-9H,4-5,10H2,1-3H3,(H,16,17)/b15-11-. The maximum Gasteiger partial charge on any atom is 0.277 e. The molecule has 1 aromatic carbocycles. The monoisotopic (exact) mass is 248 g/mol. The molecule has 1 rings (SSSR count). The van der Waals surface area contributed by atoms with Gasteiger partial charge in [0.15, 0.2) is 6.61 Å². The van der Waals surface area contributed by atoms with E-state index in [2.05, 4.69) is 17.5 Å². The van der Waals surface area contributed by atoms with Gasteiger partial charge >= 0.3 is 0 Å². The number of amides is 1. The highest BCUT2D eigenvalue weighted by Gasteiger charge is 2.01. The molecule has 0 aromatic heterocycles. The smallest absolute Gasteiger partial charge is 0.277 e. The molecule has 98 valence electrons. The van der Waals surface area contributed by atoms with Gasteiger partial charge in [0.05, 0.1) is 0 Å². The molecule has 0 aliphatic heterocycles. The fourth-order valence-corrected chi connectivity index (χ4v) is 1.24. The summed E-state index contributed by atoms with van der Waals surface area (Å²) in [4.78, 5) is 11.4. The zero-order chi connectivity index (χ0) is 13.4. The van der Waals surface area contributed by atoms with E-state index in [0.29, 0.717) is 5.75 Å². The van der Waals surface area contributed by atoms with Crippen molar-refractivity contribution in [3.8, 4) is 5.75 Å². The van der Waals surface area contributed by atoms with Gasteiger partial charge in [0.25, 0.3) is 5.91 Å². The number of nitrogens with one attached hydrogen (secondary N) is 1. The zero-order valence-electron chi connectivity index (χ0n) is 11.2. The SMILES string of the molecule is CC/C(C)=N\NC(=O)COc1ccc(CC)cc1. The van der Waals surface area contributed by atoms with E-state index in [9.17, 15) is 4.79 Å². The van der Waals surface area contributed by atoms with Crippen LogP contribution in [0.5, 0.6) is 5.75 Å². The predicted molar refractivity (Wildman–Crippen MR) is 72.9 cm³/mol. The van der Waals surface area contributed by atoms with Gasteiger partial charge in [-0.05, 0) is 37.5 Å². The Hall–Kier alpha value is -1.84. The van der Waals surface area contributed by atoms with Crippen LogP contribution >= 0.6 is 0 Å². The summed E-state index contributed by atoms with van der Waals surface area (Å²) < 4.78 is 5.35. The van der Waals surface area contributed by atoms with E-state index >= 15 is 0 Å². The average Bonchev–Trinajstić information content (AvgIpc) is 2.42. The van der Waals surface area contributed by atoms with Crippen molar-refractivity contribution in [1.82, 2.24) is 5.43 Å². The van der Waals surface area contributed by atoms with Gasteiger partial charge in [-0.3, -0.25) is 4.79 Å². The lowest BCUT2D eigenvalue weighted by atomic mass is 10.2. The molecule has 0 aliphatic carbocycles. The molecule has 0 fully saturated rings. The van der Waals surface area contributed by atoms with E-state index in [1.165, 1.54) is 5.56 Å². The van der Waals surface area contributed by atoms with Crippen molar-refractivity contribution in [2.75, 3.05) is 6.61 Å². The third kappa shape index (κ3) is 4.99. The Kier molecular flexibility index (Phi) is 5.91. The van der Waals surface area contributed by atoms with Crippen molar-refractivity contribution in [1.29, 1.82) is 0 Å². The van der Waals surface area contributed by atoms with Gasteiger partial charge in [0.2, 0.25) is 0 Å². The number of hydrazone groups is 1. The van der Waals surface area contributed by atoms with Gasteiger partial charge in [-0.1, -0.05) is 26.0 Å². The van der Waals surface area contributed by atoms with Crippen molar-refractivity contribution < 1.29 is 9.53 Å². The van der Waals surface area contributed by atoms with E-state index in [0.717, 1.165) is 18.6 Å². The van der Waals surface area contributed by atoms with Crippen molar-refractivity contribution in [2.45, 2.75) is 33.6 Å². The maximum atomic E-state index is 11.4. The van der Waals surface area contributed by atoms with Crippen LogP contribution in [0, 0.1) is 0 Å². The molecule has 0 saturated heterocycles. The van der Waals surface area contributed by atoms with E-state index < -0.39 is 0 Å². The highest BCUT2D eigenvalue weighted by atomic mass is 16.5. The van der Waals surface area contributed by atoms with Crippen LogP contribution in [-0.4, -0.2) is 18.2 Å². The molecule has 1 amide bonds. The lowest BCUT2D eigenvalue weighted by molar-refractivity contribution is -0.123. The topological polar surface area (TPSA) is 50.7 Å². The molecule has 4 heteroatoms. The second-order valence-corrected chi connectivity index (χ2v) is 4.02. The van der Waals surface area contributed by atoms with E-state index in [4.69, 9.17) is 4.74 Å². The summed E-state index contributed by atoms with van der Waals surface area (Å²) >= 11 is 0. The van der Waals surface area contributed by atoms with Crippen LogP contribution in [0.4, 0.5) is 0 Å². The molecule has 0 radical (unpaired) electrons.